The van der Waals surface area contributed by atoms with Gasteiger partial charge < -0.3 is 14.4 Å². The van der Waals surface area contributed by atoms with Crippen LogP contribution in [-0.4, -0.2) is 53.6 Å². The second kappa shape index (κ2) is 12.3. The SMILES string of the molecule is COc1cc(C=C2SC(=O)N(CC(=O)N3CCCCCC3)C2=O)cc(I)c1OCc1ccccc1Cl. The summed E-state index contributed by atoms with van der Waals surface area (Å²) < 4.78 is 12.3. The molecule has 0 N–H and O–H groups in total. The van der Waals surface area contributed by atoms with Gasteiger partial charge in [-0.2, -0.15) is 0 Å². The fraction of sp³-hybridized carbons (Fsp3) is 0.346. The number of imide groups is 1. The molecule has 36 heavy (non-hydrogen) atoms. The molecule has 0 saturated carbocycles. The Balaban J connectivity index is 1.48. The maximum absolute atomic E-state index is 13.0. The summed E-state index contributed by atoms with van der Waals surface area (Å²) in [6.45, 7) is 1.40. The molecule has 2 aromatic rings. The van der Waals surface area contributed by atoms with Crippen molar-refractivity contribution < 1.29 is 23.9 Å². The van der Waals surface area contributed by atoms with Gasteiger partial charge in [-0.15, -0.1) is 0 Å². The van der Waals surface area contributed by atoms with Crippen LogP contribution in [-0.2, 0) is 16.2 Å². The highest BCUT2D eigenvalue weighted by Crippen LogP contribution is 2.38. The number of carbonyl (C=O) groups is 3. The Hall–Kier alpha value is -2.24. The first-order valence-electron chi connectivity index (χ1n) is 11.6. The average molecular weight is 641 g/mol. The molecular formula is C26H26ClIN2O5S. The molecule has 2 fully saturated rings. The molecule has 2 aliphatic heterocycles. The summed E-state index contributed by atoms with van der Waals surface area (Å²) in [6, 6.07) is 11.0. The molecule has 7 nitrogen and oxygen atoms in total. The monoisotopic (exact) mass is 640 g/mol. The standard InChI is InChI=1S/C26H26ClIN2O5S/c1-34-21-13-17(12-20(28)24(21)35-16-18-8-4-5-9-19(18)27)14-22-25(32)30(26(33)36-22)15-23(31)29-10-6-2-3-7-11-29/h4-5,8-9,12-14H,2-3,6-7,10-11,15-16H2,1H3. The normalized spacial score (nSPS) is 17.5. The molecule has 2 aliphatic rings. The predicted molar refractivity (Wildman–Crippen MR) is 149 cm³/mol. The van der Waals surface area contributed by atoms with Crippen LogP contribution in [0.3, 0.4) is 0 Å². The van der Waals surface area contributed by atoms with Gasteiger partial charge in [0.2, 0.25) is 5.91 Å². The van der Waals surface area contributed by atoms with Gasteiger partial charge >= 0.3 is 0 Å². The van der Waals surface area contributed by atoms with Crippen LogP contribution in [0.15, 0.2) is 41.3 Å². The molecule has 3 amide bonds. The first kappa shape index (κ1) is 26.8. The molecule has 0 radical (unpaired) electrons. The Labute approximate surface area is 233 Å². The number of hydrogen-bond acceptors (Lipinski definition) is 6. The molecule has 0 aliphatic carbocycles. The Morgan fingerprint density at radius 3 is 2.56 bits per heavy atom. The molecule has 0 unspecified atom stereocenters. The number of hydrogen-bond donors (Lipinski definition) is 0. The van der Waals surface area contributed by atoms with Crippen molar-refractivity contribution in [3.63, 3.8) is 0 Å². The van der Waals surface area contributed by atoms with E-state index in [2.05, 4.69) is 22.6 Å². The number of likely N-dealkylation sites (tertiary alicyclic amines) is 1. The average Bonchev–Trinajstić information content (AvgIpc) is 3.05. The zero-order chi connectivity index (χ0) is 25.7. The van der Waals surface area contributed by atoms with E-state index in [4.69, 9.17) is 21.1 Å². The zero-order valence-corrected chi connectivity index (χ0v) is 23.5. The highest BCUT2D eigenvalue weighted by atomic mass is 127. The van der Waals surface area contributed by atoms with Crippen LogP contribution in [0, 0.1) is 3.57 Å². The van der Waals surface area contributed by atoms with E-state index in [0.717, 1.165) is 51.5 Å². The van der Waals surface area contributed by atoms with Gasteiger partial charge in [0, 0.05) is 23.7 Å². The molecule has 10 heteroatoms. The van der Waals surface area contributed by atoms with E-state index < -0.39 is 11.1 Å². The number of nitrogens with zero attached hydrogens (tertiary/aromatic N) is 2. The molecule has 4 rings (SSSR count). The number of amides is 3. The Kier molecular flexibility index (Phi) is 9.19. The largest absolute Gasteiger partial charge is 0.493 e. The van der Waals surface area contributed by atoms with E-state index in [0.29, 0.717) is 35.2 Å². The summed E-state index contributed by atoms with van der Waals surface area (Å²) in [4.78, 5) is 41.3. The van der Waals surface area contributed by atoms with Crippen LogP contribution in [0.25, 0.3) is 6.08 Å². The third-order valence-corrected chi connectivity index (χ3v) is 8.08. The van der Waals surface area contributed by atoms with Crippen LogP contribution in [0.2, 0.25) is 5.02 Å². The minimum Gasteiger partial charge on any atom is -0.493 e. The summed E-state index contributed by atoms with van der Waals surface area (Å²) in [5.74, 6) is 0.417. The van der Waals surface area contributed by atoms with E-state index in [-0.39, 0.29) is 24.0 Å². The number of halogens is 2. The Morgan fingerprint density at radius 2 is 1.86 bits per heavy atom. The van der Waals surface area contributed by atoms with Crippen LogP contribution in [0.1, 0.15) is 36.8 Å². The highest BCUT2D eigenvalue weighted by molar-refractivity contribution is 14.1. The van der Waals surface area contributed by atoms with Gasteiger partial charge in [0.05, 0.1) is 15.6 Å². The molecule has 0 atom stereocenters. The third kappa shape index (κ3) is 6.36. The molecule has 2 saturated heterocycles. The van der Waals surface area contributed by atoms with Crippen LogP contribution in [0.5, 0.6) is 11.5 Å². The molecule has 2 heterocycles. The Bertz CT molecular complexity index is 1200. The van der Waals surface area contributed by atoms with E-state index in [1.165, 1.54) is 0 Å². The topological polar surface area (TPSA) is 76.2 Å². The minimum absolute atomic E-state index is 0.184. The van der Waals surface area contributed by atoms with Gasteiger partial charge in [-0.25, -0.2) is 0 Å². The lowest BCUT2D eigenvalue weighted by Gasteiger charge is -2.22. The Morgan fingerprint density at radius 1 is 1.14 bits per heavy atom. The van der Waals surface area contributed by atoms with Crippen molar-refractivity contribution >= 4 is 69.1 Å². The quantitative estimate of drug-likeness (QED) is 0.274. The second-order valence-electron chi connectivity index (χ2n) is 8.48. The zero-order valence-electron chi connectivity index (χ0n) is 19.8. The summed E-state index contributed by atoms with van der Waals surface area (Å²) in [6.07, 6.45) is 5.74. The summed E-state index contributed by atoms with van der Waals surface area (Å²) in [5.41, 5.74) is 1.54. The van der Waals surface area contributed by atoms with Crippen molar-refractivity contribution in [1.29, 1.82) is 0 Å². The molecule has 190 valence electrons. The maximum Gasteiger partial charge on any atom is 0.294 e. The van der Waals surface area contributed by atoms with Gasteiger partial charge in [-0.3, -0.25) is 19.3 Å². The van der Waals surface area contributed by atoms with Gasteiger partial charge in [0.25, 0.3) is 11.1 Å². The lowest BCUT2D eigenvalue weighted by molar-refractivity contribution is -0.135. The van der Waals surface area contributed by atoms with Crippen molar-refractivity contribution in [2.75, 3.05) is 26.7 Å². The van der Waals surface area contributed by atoms with Gasteiger partial charge in [-0.1, -0.05) is 42.6 Å². The highest BCUT2D eigenvalue weighted by Gasteiger charge is 2.37. The van der Waals surface area contributed by atoms with Crippen molar-refractivity contribution in [1.82, 2.24) is 9.80 Å². The molecular weight excluding hydrogens is 615 g/mol. The molecule has 2 aromatic carbocycles. The number of benzene rings is 2. The van der Waals surface area contributed by atoms with E-state index >= 15 is 0 Å². The first-order chi connectivity index (χ1) is 17.4. The van der Waals surface area contributed by atoms with Crippen LogP contribution < -0.4 is 9.47 Å². The smallest absolute Gasteiger partial charge is 0.294 e. The summed E-state index contributed by atoms with van der Waals surface area (Å²) in [5, 5.41) is 0.184. The first-order valence-corrected chi connectivity index (χ1v) is 13.9. The van der Waals surface area contributed by atoms with Crippen molar-refractivity contribution in [2.45, 2.75) is 32.3 Å². The lowest BCUT2D eigenvalue weighted by atomic mass is 10.1. The number of methoxy groups -OCH3 is 1. The summed E-state index contributed by atoms with van der Waals surface area (Å²) in [7, 11) is 1.54. The molecule has 0 spiro atoms. The fourth-order valence-corrected chi connectivity index (χ4v) is 5.88. The lowest BCUT2D eigenvalue weighted by Crippen LogP contribution is -2.42. The second-order valence-corrected chi connectivity index (χ2v) is 11.0. The van der Waals surface area contributed by atoms with Gasteiger partial charge in [0.15, 0.2) is 11.5 Å². The fourth-order valence-electron chi connectivity index (χ4n) is 4.07. The summed E-state index contributed by atoms with van der Waals surface area (Å²) >= 11 is 9.22. The van der Waals surface area contributed by atoms with E-state index in [1.54, 1.807) is 30.2 Å². The third-order valence-electron chi connectivity index (χ3n) is 6.01. The number of thioether (sulfide) groups is 1. The van der Waals surface area contributed by atoms with E-state index in [9.17, 15) is 14.4 Å². The van der Waals surface area contributed by atoms with Crippen LogP contribution in [0.4, 0.5) is 4.79 Å². The minimum atomic E-state index is -0.457. The molecule has 0 bridgehead atoms. The number of carbonyl (C=O) groups excluding carboxylic acids is 3. The van der Waals surface area contributed by atoms with E-state index in [1.807, 2.05) is 24.3 Å². The van der Waals surface area contributed by atoms with Crippen LogP contribution >= 0.6 is 46.0 Å². The van der Waals surface area contributed by atoms with Crippen molar-refractivity contribution in [2.24, 2.45) is 0 Å². The molecule has 0 aromatic heterocycles. The predicted octanol–water partition coefficient (Wildman–Crippen LogP) is 5.97. The van der Waals surface area contributed by atoms with Crippen molar-refractivity contribution in [3.05, 3.63) is 61.0 Å². The number of ether oxygens (including phenoxy) is 2. The van der Waals surface area contributed by atoms with Gasteiger partial charge in [0.1, 0.15) is 13.2 Å². The van der Waals surface area contributed by atoms with Crippen molar-refractivity contribution in [3.8, 4) is 11.5 Å². The maximum atomic E-state index is 13.0. The number of rotatable bonds is 7. The van der Waals surface area contributed by atoms with Gasteiger partial charge in [-0.05, 0) is 77.0 Å².